The van der Waals surface area contributed by atoms with E-state index >= 15 is 0 Å². The number of ether oxygens (including phenoxy) is 1. The van der Waals surface area contributed by atoms with Crippen molar-refractivity contribution in [2.45, 2.75) is 69.8 Å². The molecule has 0 saturated heterocycles. The van der Waals surface area contributed by atoms with Crippen LogP contribution in [0.1, 0.15) is 64.4 Å². The fourth-order valence-corrected chi connectivity index (χ4v) is 4.13. The molecule has 0 aromatic heterocycles. The van der Waals surface area contributed by atoms with Gasteiger partial charge < -0.3 is 14.9 Å². The van der Waals surface area contributed by atoms with E-state index in [4.69, 9.17) is 4.74 Å². The van der Waals surface area contributed by atoms with Crippen molar-refractivity contribution < 1.29 is 24.1 Å². The van der Waals surface area contributed by atoms with Gasteiger partial charge in [-0.1, -0.05) is 33.1 Å². The molecule has 140 valence electrons. The van der Waals surface area contributed by atoms with Crippen molar-refractivity contribution in [1.29, 1.82) is 0 Å². The Morgan fingerprint density at radius 3 is 2.48 bits per heavy atom. The number of benzene rings is 1. The van der Waals surface area contributed by atoms with Gasteiger partial charge in [0.05, 0.1) is 7.11 Å². The second-order valence-electron chi connectivity index (χ2n) is 7.50. The van der Waals surface area contributed by atoms with E-state index in [-0.39, 0.29) is 12.3 Å². The zero-order valence-corrected chi connectivity index (χ0v) is 15.3. The minimum atomic E-state index is -1.82. The number of carboxylic acids is 1. The van der Waals surface area contributed by atoms with Crippen LogP contribution < -0.4 is 4.74 Å². The van der Waals surface area contributed by atoms with Crippen LogP contribution in [0.5, 0.6) is 5.75 Å². The van der Waals surface area contributed by atoms with Crippen molar-refractivity contribution >= 4 is 5.97 Å². The smallest absolute Gasteiger partial charge is 0.336 e. The lowest BCUT2D eigenvalue weighted by atomic mass is 9.65. The maximum atomic E-state index is 13.9. The van der Waals surface area contributed by atoms with E-state index in [1.54, 1.807) is 6.07 Å². The van der Waals surface area contributed by atoms with Crippen LogP contribution in [0.15, 0.2) is 18.2 Å². The third-order valence-electron chi connectivity index (χ3n) is 5.90. The van der Waals surface area contributed by atoms with Crippen LogP contribution in [0.2, 0.25) is 0 Å². The molecule has 2 rings (SSSR count). The zero-order valence-electron chi connectivity index (χ0n) is 15.3. The van der Waals surface area contributed by atoms with Crippen LogP contribution in [-0.2, 0) is 10.2 Å². The molecule has 1 aromatic carbocycles. The van der Waals surface area contributed by atoms with Gasteiger partial charge in [-0.3, -0.25) is 0 Å². The highest BCUT2D eigenvalue weighted by molar-refractivity contribution is 5.78. The summed E-state index contributed by atoms with van der Waals surface area (Å²) in [6.45, 7) is 3.80. The molecule has 2 unspecified atom stereocenters. The number of methoxy groups -OCH3 is 1. The summed E-state index contributed by atoms with van der Waals surface area (Å²) in [5.74, 6) is -1.34. The normalized spacial score (nSPS) is 20.5. The van der Waals surface area contributed by atoms with Crippen LogP contribution in [0.25, 0.3) is 0 Å². The Bertz CT molecular complexity index is 612. The van der Waals surface area contributed by atoms with Gasteiger partial charge in [-0.2, -0.15) is 0 Å². The molecule has 4 nitrogen and oxygen atoms in total. The lowest BCUT2D eigenvalue weighted by Crippen LogP contribution is -2.51. The number of aliphatic carboxylic acids is 1. The van der Waals surface area contributed by atoms with E-state index in [0.29, 0.717) is 30.6 Å². The summed E-state index contributed by atoms with van der Waals surface area (Å²) < 4.78 is 19.2. The molecular formula is C20H29FO4. The quantitative estimate of drug-likeness (QED) is 0.768. The van der Waals surface area contributed by atoms with Crippen molar-refractivity contribution in [3.8, 4) is 5.75 Å². The summed E-state index contributed by atoms with van der Waals surface area (Å²) in [6.07, 6.45) is 4.98. The molecule has 2 atom stereocenters. The average molecular weight is 352 g/mol. The highest BCUT2D eigenvalue weighted by Crippen LogP contribution is 2.45. The van der Waals surface area contributed by atoms with Gasteiger partial charge in [0.15, 0.2) is 5.60 Å². The van der Waals surface area contributed by atoms with Crippen molar-refractivity contribution in [1.82, 2.24) is 0 Å². The Hall–Kier alpha value is -1.62. The van der Waals surface area contributed by atoms with Gasteiger partial charge >= 0.3 is 5.97 Å². The SMILES string of the molecule is CCC(C)(CC(O)(C(=O)O)C1CCCCC1)c1cc(F)ccc1OC. The number of carboxylic acid groups (broad SMARTS) is 1. The second-order valence-corrected chi connectivity index (χ2v) is 7.50. The van der Waals surface area contributed by atoms with Crippen molar-refractivity contribution in [3.63, 3.8) is 0 Å². The van der Waals surface area contributed by atoms with Crippen LogP contribution >= 0.6 is 0 Å². The average Bonchev–Trinajstić information content (AvgIpc) is 2.62. The van der Waals surface area contributed by atoms with Gasteiger partial charge in [-0.05, 0) is 55.2 Å². The minimum Gasteiger partial charge on any atom is -0.496 e. The summed E-state index contributed by atoms with van der Waals surface area (Å²) >= 11 is 0. The molecule has 5 heteroatoms. The first-order chi connectivity index (χ1) is 11.8. The Morgan fingerprint density at radius 1 is 1.32 bits per heavy atom. The fourth-order valence-electron chi connectivity index (χ4n) is 4.13. The maximum absolute atomic E-state index is 13.9. The molecule has 0 aliphatic heterocycles. The number of rotatable bonds is 7. The summed E-state index contributed by atoms with van der Waals surface area (Å²) in [4.78, 5) is 12.0. The molecule has 0 spiro atoms. The standard InChI is InChI=1S/C20H29FO4/c1-4-19(2,16-12-15(21)10-11-17(16)25-3)13-20(24,18(22)23)14-8-6-5-7-9-14/h10-12,14,24H,4-9,13H2,1-3H3,(H,22,23). The summed E-state index contributed by atoms with van der Waals surface area (Å²) in [7, 11) is 1.51. The van der Waals surface area contributed by atoms with E-state index in [1.807, 2.05) is 13.8 Å². The number of carbonyl (C=O) groups is 1. The lowest BCUT2D eigenvalue weighted by molar-refractivity contribution is -0.170. The molecule has 25 heavy (non-hydrogen) atoms. The molecule has 0 amide bonds. The number of aliphatic hydroxyl groups is 1. The Labute approximate surface area is 149 Å². The van der Waals surface area contributed by atoms with Crippen LogP contribution in [0.3, 0.4) is 0 Å². The molecule has 2 N–H and O–H groups in total. The summed E-state index contributed by atoms with van der Waals surface area (Å²) in [5.41, 5.74) is -1.92. The predicted molar refractivity (Wildman–Crippen MR) is 94.4 cm³/mol. The van der Waals surface area contributed by atoms with Gasteiger partial charge in [-0.15, -0.1) is 0 Å². The van der Waals surface area contributed by atoms with Gasteiger partial charge in [0.1, 0.15) is 11.6 Å². The predicted octanol–water partition coefficient (Wildman–Crippen LogP) is 4.29. The monoisotopic (exact) mass is 352 g/mol. The van der Waals surface area contributed by atoms with Gasteiger partial charge in [0.2, 0.25) is 0 Å². The first-order valence-electron chi connectivity index (χ1n) is 9.06. The Balaban J connectivity index is 2.43. The molecule has 0 radical (unpaired) electrons. The molecule has 0 heterocycles. The molecule has 0 bridgehead atoms. The van der Waals surface area contributed by atoms with Crippen molar-refractivity contribution in [2.24, 2.45) is 5.92 Å². The molecule has 1 aliphatic carbocycles. The van der Waals surface area contributed by atoms with E-state index in [0.717, 1.165) is 19.3 Å². The lowest BCUT2D eigenvalue weighted by Gasteiger charge is -2.42. The maximum Gasteiger partial charge on any atom is 0.336 e. The molecule has 1 aromatic rings. The third kappa shape index (κ3) is 3.97. The van der Waals surface area contributed by atoms with Crippen LogP contribution in [0, 0.1) is 11.7 Å². The summed E-state index contributed by atoms with van der Waals surface area (Å²) in [6, 6.07) is 4.27. The van der Waals surface area contributed by atoms with Crippen molar-refractivity contribution in [3.05, 3.63) is 29.6 Å². The Morgan fingerprint density at radius 2 is 1.96 bits per heavy atom. The second kappa shape index (κ2) is 7.73. The number of hydrogen-bond donors (Lipinski definition) is 2. The Kier molecular flexibility index (Phi) is 6.09. The highest BCUT2D eigenvalue weighted by atomic mass is 19.1. The van der Waals surface area contributed by atoms with E-state index in [9.17, 15) is 19.4 Å². The molecular weight excluding hydrogens is 323 g/mol. The van der Waals surface area contributed by atoms with Gasteiger partial charge in [-0.25, -0.2) is 9.18 Å². The fraction of sp³-hybridized carbons (Fsp3) is 0.650. The zero-order chi connectivity index (χ0) is 18.7. The van der Waals surface area contributed by atoms with E-state index in [1.165, 1.54) is 19.2 Å². The topological polar surface area (TPSA) is 66.8 Å². The van der Waals surface area contributed by atoms with Crippen molar-refractivity contribution in [2.75, 3.05) is 7.11 Å². The third-order valence-corrected chi connectivity index (χ3v) is 5.90. The largest absolute Gasteiger partial charge is 0.496 e. The van der Waals surface area contributed by atoms with Gasteiger partial charge in [0.25, 0.3) is 0 Å². The highest BCUT2D eigenvalue weighted by Gasteiger charge is 2.49. The van der Waals surface area contributed by atoms with Gasteiger partial charge in [0, 0.05) is 5.56 Å². The summed E-state index contributed by atoms with van der Waals surface area (Å²) in [5, 5.41) is 21.0. The van der Waals surface area contributed by atoms with E-state index in [2.05, 4.69) is 0 Å². The number of hydrogen-bond acceptors (Lipinski definition) is 3. The molecule has 1 fully saturated rings. The molecule has 1 saturated carbocycles. The first-order valence-corrected chi connectivity index (χ1v) is 9.06. The minimum absolute atomic E-state index is 0.0380. The molecule has 1 aliphatic rings. The first kappa shape index (κ1) is 19.7. The van der Waals surface area contributed by atoms with Crippen LogP contribution in [0.4, 0.5) is 4.39 Å². The number of halogens is 1. The van der Waals surface area contributed by atoms with Crippen LogP contribution in [-0.4, -0.2) is 28.9 Å². The van der Waals surface area contributed by atoms with E-state index < -0.39 is 22.8 Å².